The summed E-state index contributed by atoms with van der Waals surface area (Å²) >= 11 is 0. The SMILES string of the molecule is O=C(COC(=O)c1ccc(OCC2CCCO2)cc1)NC1CCCCC1. The van der Waals surface area contributed by atoms with Crippen molar-refractivity contribution in [3.63, 3.8) is 0 Å². The van der Waals surface area contributed by atoms with Crippen molar-refractivity contribution in [2.75, 3.05) is 19.8 Å². The molecule has 1 aromatic carbocycles. The minimum atomic E-state index is -0.505. The van der Waals surface area contributed by atoms with E-state index < -0.39 is 5.97 Å². The number of amides is 1. The van der Waals surface area contributed by atoms with E-state index in [2.05, 4.69) is 5.32 Å². The fraction of sp³-hybridized carbons (Fsp3) is 0.600. The fourth-order valence-electron chi connectivity index (χ4n) is 3.38. The lowest BCUT2D eigenvalue weighted by Crippen LogP contribution is -2.38. The van der Waals surface area contributed by atoms with Gasteiger partial charge in [-0.25, -0.2) is 4.79 Å². The summed E-state index contributed by atoms with van der Waals surface area (Å²) in [6.07, 6.45) is 7.79. The van der Waals surface area contributed by atoms with Crippen LogP contribution in [0, 0.1) is 0 Å². The van der Waals surface area contributed by atoms with Crippen LogP contribution >= 0.6 is 0 Å². The van der Waals surface area contributed by atoms with E-state index in [1.165, 1.54) is 6.42 Å². The van der Waals surface area contributed by atoms with Gasteiger partial charge in [0.25, 0.3) is 5.91 Å². The molecule has 1 saturated heterocycles. The van der Waals surface area contributed by atoms with Gasteiger partial charge in [0, 0.05) is 12.6 Å². The molecule has 1 amide bonds. The minimum Gasteiger partial charge on any atom is -0.491 e. The largest absolute Gasteiger partial charge is 0.491 e. The maximum absolute atomic E-state index is 12.1. The predicted molar refractivity (Wildman–Crippen MR) is 96.2 cm³/mol. The number of carbonyl (C=O) groups is 2. The van der Waals surface area contributed by atoms with Gasteiger partial charge in [-0.15, -0.1) is 0 Å². The van der Waals surface area contributed by atoms with Crippen molar-refractivity contribution in [3.05, 3.63) is 29.8 Å². The first kappa shape index (κ1) is 18.7. The molecule has 2 fully saturated rings. The van der Waals surface area contributed by atoms with Crippen LogP contribution in [0.25, 0.3) is 0 Å². The molecule has 0 spiro atoms. The molecule has 2 aliphatic rings. The van der Waals surface area contributed by atoms with Gasteiger partial charge in [0.2, 0.25) is 0 Å². The lowest BCUT2D eigenvalue weighted by Gasteiger charge is -2.22. The zero-order valence-corrected chi connectivity index (χ0v) is 15.1. The lowest BCUT2D eigenvalue weighted by molar-refractivity contribution is -0.125. The Labute approximate surface area is 154 Å². The van der Waals surface area contributed by atoms with E-state index >= 15 is 0 Å². The molecule has 6 heteroatoms. The highest BCUT2D eigenvalue weighted by atomic mass is 16.5. The monoisotopic (exact) mass is 361 g/mol. The molecule has 1 aromatic rings. The molecule has 1 saturated carbocycles. The highest BCUT2D eigenvalue weighted by molar-refractivity contribution is 5.91. The Bertz CT molecular complexity index is 589. The molecule has 1 atom stereocenters. The van der Waals surface area contributed by atoms with Crippen molar-refractivity contribution in [2.24, 2.45) is 0 Å². The topological polar surface area (TPSA) is 73.9 Å². The second kappa shape index (κ2) is 9.57. The summed E-state index contributed by atoms with van der Waals surface area (Å²) in [6.45, 7) is 1.07. The summed E-state index contributed by atoms with van der Waals surface area (Å²) in [5, 5.41) is 2.93. The summed E-state index contributed by atoms with van der Waals surface area (Å²) in [7, 11) is 0. The maximum Gasteiger partial charge on any atom is 0.338 e. The first-order valence-electron chi connectivity index (χ1n) is 9.51. The third-order valence-corrected chi connectivity index (χ3v) is 4.85. The number of hydrogen-bond donors (Lipinski definition) is 1. The number of rotatable bonds is 7. The van der Waals surface area contributed by atoms with Crippen molar-refractivity contribution < 1.29 is 23.8 Å². The number of nitrogens with one attached hydrogen (secondary N) is 1. The van der Waals surface area contributed by atoms with E-state index in [4.69, 9.17) is 14.2 Å². The summed E-state index contributed by atoms with van der Waals surface area (Å²) in [4.78, 5) is 23.9. The number of esters is 1. The van der Waals surface area contributed by atoms with E-state index in [9.17, 15) is 9.59 Å². The van der Waals surface area contributed by atoms with Crippen LogP contribution in [0.5, 0.6) is 5.75 Å². The summed E-state index contributed by atoms with van der Waals surface area (Å²) in [5.41, 5.74) is 0.403. The quantitative estimate of drug-likeness (QED) is 0.756. The van der Waals surface area contributed by atoms with Gasteiger partial charge < -0.3 is 19.5 Å². The van der Waals surface area contributed by atoms with Gasteiger partial charge in [-0.1, -0.05) is 19.3 Å². The highest BCUT2D eigenvalue weighted by Gasteiger charge is 2.18. The predicted octanol–water partition coefficient (Wildman–Crippen LogP) is 2.85. The van der Waals surface area contributed by atoms with Crippen LogP contribution in [0.15, 0.2) is 24.3 Å². The van der Waals surface area contributed by atoms with E-state index in [-0.39, 0.29) is 24.7 Å². The van der Waals surface area contributed by atoms with Gasteiger partial charge >= 0.3 is 5.97 Å². The zero-order chi connectivity index (χ0) is 18.2. The maximum atomic E-state index is 12.1. The first-order chi connectivity index (χ1) is 12.7. The van der Waals surface area contributed by atoms with E-state index in [0.717, 1.165) is 45.1 Å². The van der Waals surface area contributed by atoms with Crippen LogP contribution in [0.4, 0.5) is 0 Å². The summed E-state index contributed by atoms with van der Waals surface area (Å²) in [5.74, 6) is -0.0525. The Balaban J connectivity index is 1.38. The lowest BCUT2D eigenvalue weighted by atomic mass is 9.95. The van der Waals surface area contributed by atoms with Crippen molar-refractivity contribution in [3.8, 4) is 5.75 Å². The van der Waals surface area contributed by atoms with Crippen LogP contribution in [0.1, 0.15) is 55.3 Å². The third kappa shape index (κ3) is 5.73. The molecule has 0 aromatic heterocycles. The summed E-state index contributed by atoms with van der Waals surface area (Å²) < 4.78 is 16.3. The number of hydrogen-bond acceptors (Lipinski definition) is 5. The van der Waals surface area contributed by atoms with Crippen molar-refractivity contribution >= 4 is 11.9 Å². The van der Waals surface area contributed by atoms with Crippen molar-refractivity contribution in [2.45, 2.75) is 57.1 Å². The third-order valence-electron chi connectivity index (χ3n) is 4.85. The van der Waals surface area contributed by atoms with Gasteiger partial charge in [0.05, 0.1) is 11.7 Å². The van der Waals surface area contributed by atoms with Crippen molar-refractivity contribution in [1.29, 1.82) is 0 Å². The molecule has 6 nitrogen and oxygen atoms in total. The molecule has 1 aliphatic heterocycles. The molecular formula is C20H27NO5. The van der Waals surface area contributed by atoms with Crippen LogP contribution in [0.2, 0.25) is 0 Å². The van der Waals surface area contributed by atoms with Crippen molar-refractivity contribution in [1.82, 2.24) is 5.32 Å². The van der Waals surface area contributed by atoms with E-state index in [1.807, 2.05) is 0 Å². The normalized spacial score (nSPS) is 20.5. The molecule has 1 heterocycles. The Morgan fingerprint density at radius 3 is 2.50 bits per heavy atom. The zero-order valence-electron chi connectivity index (χ0n) is 15.1. The van der Waals surface area contributed by atoms with E-state index in [1.54, 1.807) is 24.3 Å². The molecule has 0 bridgehead atoms. The molecule has 142 valence electrons. The minimum absolute atomic E-state index is 0.155. The number of benzene rings is 1. The molecule has 0 radical (unpaired) electrons. The van der Waals surface area contributed by atoms with Gasteiger partial charge in [0.15, 0.2) is 6.61 Å². The van der Waals surface area contributed by atoms with E-state index in [0.29, 0.717) is 17.9 Å². The fourth-order valence-corrected chi connectivity index (χ4v) is 3.38. The standard InChI is InChI=1S/C20H27NO5/c22-19(21-16-5-2-1-3-6-16)14-26-20(23)15-8-10-17(11-9-15)25-13-18-7-4-12-24-18/h8-11,16,18H,1-7,12-14H2,(H,21,22). The Kier molecular flexibility index (Phi) is 6.89. The number of carbonyl (C=O) groups excluding carboxylic acids is 2. The van der Waals surface area contributed by atoms with Crippen LogP contribution in [0.3, 0.4) is 0 Å². The molecule has 1 unspecified atom stereocenters. The molecule has 1 N–H and O–H groups in total. The Morgan fingerprint density at radius 1 is 1.04 bits per heavy atom. The van der Waals surface area contributed by atoms with Crippen LogP contribution in [-0.4, -0.2) is 43.8 Å². The Morgan fingerprint density at radius 2 is 1.81 bits per heavy atom. The molecule has 26 heavy (non-hydrogen) atoms. The van der Waals surface area contributed by atoms with Gasteiger partial charge in [-0.3, -0.25) is 4.79 Å². The Hall–Kier alpha value is -2.08. The smallest absolute Gasteiger partial charge is 0.338 e. The average molecular weight is 361 g/mol. The van der Waals surface area contributed by atoms with Crippen LogP contribution < -0.4 is 10.1 Å². The first-order valence-corrected chi connectivity index (χ1v) is 9.51. The second-order valence-electron chi connectivity index (χ2n) is 6.95. The van der Waals surface area contributed by atoms with Gasteiger partial charge in [-0.05, 0) is 49.9 Å². The van der Waals surface area contributed by atoms with Crippen LogP contribution in [-0.2, 0) is 14.3 Å². The second-order valence-corrected chi connectivity index (χ2v) is 6.95. The molecular weight excluding hydrogens is 334 g/mol. The highest BCUT2D eigenvalue weighted by Crippen LogP contribution is 2.18. The molecule has 1 aliphatic carbocycles. The van der Waals surface area contributed by atoms with Gasteiger partial charge in [0.1, 0.15) is 12.4 Å². The number of ether oxygens (including phenoxy) is 3. The molecule has 3 rings (SSSR count). The summed E-state index contributed by atoms with van der Waals surface area (Å²) in [6, 6.07) is 6.97. The van der Waals surface area contributed by atoms with Gasteiger partial charge in [-0.2, -0.15) is 0 Å². The average Bonchev–Trinajstić information content (AvgIpc) is 3.19.